The zero-order valence-electron chi connectivity index (χ0n) is 15.8. The Bertz CT molecular complexity index is 809. The smallest absolute Gasteiger partial charge is 0.322 e. The zero-order valence-corrected chi connectivity index (χ0v) is 17.3. The van der Waals surface area contributed by atoms with Crippen molar-refractivity contribution in [1.29, 1.82) is 0 Å². The topological polar surface area (TPSA) is 87.7 Å². The molecule has 4 amide bonds. The number of carbonyl (C=O) groups excluding carboxylic acids is 3. The normalized spacial score (nSPS) is 22.8. The molecule has 2 aliphatic rings. The lowest BCUT2D eigenvalue weighted by atomic mass is 9.88. The Hall–Kier alpha value is -1.99. The van der Waals surface area contributed by atoms with Gasteiger partial charge in [0.05, 0.1) is 17.2 Å². The number of carbonyl (C=O) groups is 3. The van der Waals surface area contributed by atoms with Crippen molar-refractivity contribution in [2.75, 3.05) is 20.2 Å². The SMILES string of the molecule is COc1cc(Cl)c(Cl)cc1C1CCN(C(=O)CCC2(C)NC(=O)NC2=O)CC1. The van der Waals surface area contributed by atoms with Gasteiger partial charge in [-0.05, 0) is 43.7 Å². The van der Waals surface area contributed by atoms with Gasteiger partial charge in [-0.1, -0.05) is 23.2 Å². The van der Waals surface area contributed by atoms with Crippen molar-refractivity contribution in [3.63, 3.8) is 0 Å². The van der Waals surface area contributed by atoms with Crippen LogP contribution in [0.4, 0.5) is 4.79 Å². The highest BCUT2D eigenvalue weighted by molar-refractivity contribution is 6.42. The van der Waals surface area contributed by atoms with Crippen LogP contribution in [0.25, 0.3) is 0 Å². The third-order valence-electron chi connectivity index (χ3n) is 5.52. The molecule has 2 saturated heterocycles. The molecule has 0 bridgehead atoms. The quantitative estimate of drug-likeness (QED) is 0.706. The van der Waals surface area contributed by atoms with Gasteiger partial charge in [0, 0.05) is 25.6 Å². The fourth-order valence-electron chi connectivity index (χ4n) is 3.75. The number of piperidine rings is 1. The fourth-order valence-corrected chi connectivity index (χ4v) is 4.08. The molecule has 0 aromatic heterocycles. The molecule has 2 aliphatic heterocycles. The number of ether oxygens (including phenoxy) is 1. The number of benzene rings is 1. The maximum absolute atomic E-state index is 12.6. The van der Waals surface area contributed by atoms with Crippen LogP contribution in [0.3, 0.4) is 0 Å². The number of halogens is 2. The van der Waals surface area contributed by atoms with Gasteiger partial charge in [0.1, 0.15) is 11.3 Å². The summed E-state index contributed by atoms with van der Waals surface area (Å²) in [6, 6.07) is 3.04. The molecule has 2 fully saturated rings. The first-order chi connectivity index (χ1) is 13.2. The van der Waals surface area contributed by atoms with Gasteiger partial charge < -0.3 is 15.0 Å². The van der Waals surface area contributed by atoms with E-state index < -0.39 is 17.5 Å². The van der Waals surface area contributed by atoms with Crippen molar-refractivity contribution in [3.8, 4) is 5.75 Å². The number of imide groups is 1. The minimum Gasteiger partial charge on any atom is -0.496 e. The molecule has 28 heavy (non-hydrogen) atoms. The van der Waals surface area contributed by atoms with E-state index >= 15 is 0 Å². The zero-order chi connectivity index (χ0) is 20.5. The maximum Gasteiger partial charge on any atom is 0.322 e. The molecule has 152 valence electrons. The van der Waals surface area contributed by atoms with Gasteiger partial charge in [-0.2, -0.15) is 0 Å². The molecule has 2 heterocycles. The molecule has 2 N–H and O–H groups in total. The van der Waals surface area contributed by atoms with Gasteiger partial charge in [-0.25, -0.2) is 4.79 Å². The lowest BCUT2D eigenvalue weighted by molar-refractivity contribution is -0.133. The number of rotatable bonds is 5. The van der Waals surface area contributed by atoms with E-state index in [0.717, 1.165) is 18.4 Å². The summed E-state index contributed by atoms with van der Waals surface area (Å²) >= 11 is 12.2. The van der Waals surface area contributed by atoms with Crippen molar-refractivity contribution in [2.24, 2.45) is 0 Å². The predicted molar refractivity (Wildman–Crippen MR) is 106 cm³/mol. The van der Waals surface area contributed by atoms with E-state index in [-0.39, 0.29) is 24.7 Å². The van der Waals surface area contributed by atoms with Crippen molar-refractivity contribution in [3.05, 3.63) is 27.7 Å². The predicted octanol–water partition coefficient (Wildman–Crippen LogP) is 3.09. The Morgan fingerprint density at radius 1 is 1.25 bits per heavy atom. The molecule has 0 radical (unpaired) electrons. The van der Waals surface area contributed by atoms with Gasteiger partial charge in [0.25, 0.3) is 5.91 Å². The van der Waals surface area contributed by atoms with E-state index in [1.807, 2.05) is 6.07 Å². The van der Waals surface area contributed by atoms with E-state index in [1.54, 1.807) is 25.0 Å². The number of nitrogens with one attached hydrogen (secondary N) is 2. The molecule has 0 saturated carbocycles. The Kier molecular flexibility index (Phi) is 6.05. The first-order valence-electron chi connectivity index (χ1n) is 9.18. The van der Waals surface area contributed by atoms with Crippen LogP contribution >= 0.6 is 23.2 Å². The second kappa shape index (κ2) is 8.17. The van der Waals surface area contributed by atoms with Gasteiger partial charge in [0.2, 0.25) is 5.91 Å². The molecule has 1 atom stereocenters. The fraction of sp³-hybridized carbons (Fsp3) is 0.526. The van der Waals surface area contributed by atoms with Gasteiger partial charge in [0.15, 0.2) is 0 Å². The number of likely N-dealkylation sites (tertiary alicyclic amines) is 1. The van der Waals surface area contributed by atoms with Crippen LogP contribution in [0.5, 0.6) is 5.75 Å². The van der Waals surface area contributed by atoms with Crippen LogP contribution in [0.2, 0.25) is 10.0 Å². The van der Waals surface area contributed by atoms with Gasteiger partial charge in [-0.15, -0.1) is 0 Å². The minimum absolute atomic E-state index is 0.0188. The molecule has 0 aliphatic carbocycles. The van der Waals surface area contributed by atoms with Crippen LogP contribution in [-0.2, 0) is 9.59 Å². The summed E-state index contributed by atoms with van der Waals surface area (Å²) in [6.45, 7) is 2.85. The van der Waals surface area contributed by atoms with Crippen LogP contribution in [0.1, 0.15) is 44.1 Å². The van der Waals surface area contributed by atoms with Crippen LogP contribution in [-0.4, -0.2) is 48.5 Å². The maximum atomic E-state index is 12.6. The molecule has 1 aromatic rings. The van der Waals surface area contributed by atoms with E-state index in [2.05, 4.69) is 10.6 Å². The number of amides is 4. The lowest BCUT2D eigenvalue weighted by Gasteiger charge is -2.33. The van der Waals surface area contributed by atoms with E-state index in [4.69, 9.17) is 27.9 Å². The molecule has 0 spiro atoms. The highest BCUT2D eigenvalue weighted by Gasteiger charge is 2.42. The first-order valence-corrected chi connectivity index (χ1v) is 9.93. The number of methoxy groups -OCH3 is 1. The lowest BCUT2D eigenvalue weighted by Crippen LogP contribution is -2.45. The Morgan fingerprint density at radius 2 is 1.89 bits per heavy atom. The summed E-state index contributed by atoms with van der Waals surface area (Å²) in [7, 11) is 1.60. The first kappa shape index (κ1) is 20.7. The minimum atomic E-state index is -1.03. The summed E-state index contributed by atoms with van der Waals surface area (Å²) in [6.07, 6.45) is 2.04. The summed E-state index contributed by atoms with van der Waals surface area (Å²) < 4.78 is 5.44. The van der Waals surface area contributed by atoms with Gasteiger partial charge in [-0.3, -0.25) is 14.9 Å². The van der Waals surface area contributed by atoms with E-state index in [1.165, 1.54) is 0 Å². The second-order valence-corrected chi connectivity index (χ2v) is 8.22. The highest BCUT2D eigenvalue weighted by atomic mass is 35.5. The number of nitrogens with zero attached hydrogens (tertiary/aromatic N) is 1. The molecule has 3 rings (SSSR count). The highest BCUT2D eigenvalue weighted by Crippen LogP contribution is 2.39. The standard InChI is InChI=1S/C19H23Cl2N3O4/c1-19(17(26)22-18(27)23-19)6-3-16(25)24-7-4-11(5-8-24)12-9-13(20)14(21)10-15(12)28-2/h9-11H,3-8H2,1-2H3,(H2,22,23,26,27). The van der Waals surface area contributed by atoms with Crippen molar-refractivity contribution >= 4 is 41.0 Å². The summed E-state index contributed by atoms with van der Waals surface area (Å²) in [4.78, 5) is 37.5. The third kappa shape index (κ3) is 4.20. The molecule has 9 heteroatoms. The Morgan fingerprint density at radius 3 is 2.46 bits per heavy atom. The van der Waals surface area contributed by atoms with E-state index in [9.17, 15) is 14.4 Å². The largest absolute Gasteiger partial charge is 0.496 e. The Balaban J connectivity index is 1.57. The van der Waals surface area contributed by atoms with Crippen molar-refractivity contribution in [1.82, 2.24) is 15.5 Å². The summed E-state index contributed by atoms with van der Waals surface area (Å²) in [5.74, 6) is 0.520. The Labute approximate surface area is 173 Å². The van der Waals surface area contributed by atoms with Crippen LogP contribution in [0, 0.1) is 0 Å². The van der Waals surface area contributed by atoms with Gasteiger partial charge >= 0.3 is 6.03 Å². The third-order valence-corrected chi connectivity index (χ3v) is 6.24. The summed E-state index contributed by atoms with van der Waals surface area (Å²) in [5.41, 5.74) is -0.0276. The van der Waals surface area contributed by atoms with E-state index in [0.29, 0.717) is 28.9 Å². The monoisotopic (exact) mass is 427 g/mol. The van der Waals surface area contributed by atoms with Crippen molar-refractivity contribution < 1.29 is 19.1 Å². The second-order valence-electron chi connectivity index (χ2n) is 7.40. The molecular formula is C19H23Cl2N3O4. The molecule has 1 aromatic carbocycles. The average molecular weight is 428 g/mol. The van der Waals surface area contributed by atoms with Crippen LogP contribution < -0.4 is 15.4 Å². The number of hydrogen-bond acceptors (Lipinski definition) is 4. The average Bonchev–Trinajstić information content (AvgIpc) is 2.93. The number of hydrogen-bond donors (Lipinski definition) is 2. The summed E-state index contributed by atoms with van der Waals surface area (Å²) in [5, 5.41) is 5.73. The van der Waals surface area contributed by atoms with Crippen molar-refractivity contribution in [2.45, 2.75) is 44.1 Å². The number of urea groups is 1. The molecule has 1 unspecified atom stereocenters. The molecule has 7 nitrogen and oxygen atoms in total. The van der Waals surface area contributed by atoms with Crippen LogP contribution in [0.15, 0.2) is 12.1 Å². The molecular weight excluding hydrogens is 405 g/mol.